The maximum absolute atomic E-state index is 10.9. The standard InChI is InChI=1S/C10H20ClNO/c1-9(2)5-3-4-8-12-10(13)6-7-11/h9H,3-8H2,1-2H3,(H,12,13). The van der Waals surface area contributed by atoms with Crippen molar-refractivity contribution in [1.29, 1.82) is 0 Å². The van der Waals surface area contributed by atoms with Gasteiger partial charge in [-0.05, 0) is 12.3 Å². The molecular weight excluding hydrogens is 186 g/mol. The average Bonchev–Trinajstić information content (AvgIpc) is 2.03. The van der Waals surface area contributed by atoms with Gasteiger partial charge in [-0.25, -0.2) is 0 Å². The predicted molar refractivity (Wildman–Crippen MR) is 57.0 cm³/mol. The van der Waals surface area contributed by atoms with Crippen molar-refractivity contribution in [2.75, 3.05) is 12.4 Å². The molecule has 0 aliphatic carbocycles. The number of carbonyl (C=O) groups excluding carboxylic acids is 1. The lowest BCUT2D eigenvalue weighted by molar-refractivity contribution is -0.120. The molecule has 0 heterocycles. The van der Waals surface area contributed by atoms with E-state index in [1.165, 1.54) is 12.8 Å². The molecule has 0 aromatic heterocycles. The molecule has 13 heavy (non-hydrogen) atoms. The van der Waals surface area contributed by atoms with Crippen LogP contribution < -0.4 is 5.32 Å². The summed E-state index contributed by atoms with van der Waals surface area (Å²) in [6, 6.07) is 0. The summed E-state index contributed by atoms with van der Waals surface area (Å²) in [5.41, 5.74) is 0. The van der Waals surface area contributed by atoms with Crippen LogP contribution in [0, 0.1) is 5.92 Å². The summed E-state index contributed by atoms with van der Waals surface area (Å²) >= 11 is 5.42. The number of carbonyl (C=O) groups is 1. The fraction of sp³-hybridized carbons (Fsp3) is 0.900. The molecule has 0 saturated heterocycles. The fourth-order valence-corrected chi connectivity index (χ4v) is 1.25. The first kappa shape index (κ1) is 12.8. The van der Waals surface area contributed by atoms with E-state index in [2.05, 4.69) is 19.2 Å². The lowest BCUT2D eigenvalue weighted by Gasteiger charge is -2.05. The maximum Gasteiger partial charge on any atom is 0.221 e. The summed E-state index contributed by atoms with van der Waals surface area (Å²) in [5, 5.41) is 2.83. The van der Waals surface area contributed by atoms with E-state index in [9.17, 15) is 4.79 Å². The minimum absolute atomic E-state index is 0.0690. The number of nitrogens with one attached hydrogen (secondary N) is 1. The van der Waals surface area contributed by atoms with Crippen molar-refractivity contribution in [3.63, 3.8) is 0 Å². The number of hydrogen-bond donors (Lipinski definition) is 1. The molecule has 0 spiro atoms. The summed E-state index contributed by atoms with van der Waals surface area (Å²) in [6.07, 6.45) is 3.95. The van der Waals surface area contributed by atoms with Gasteiger partial charge in [0.25, 0.3) is 0 Å². The van der Waals surface area contributed by atoms with Crippen molar-refractivity contribution in [1.82, 2.24) is 5.32 Å². The highest BCUT2D eigenvalue weighted by Gasteiger charge is 1.98. The Morgan fingerprint density at radius 3 is 2.62 bits per heavy atom. The Morgan fingerprint density at radius 2 is 2.08 bits per heavy atom. The number of rotatable bonds is 7. The second-order valence-electron chi connectivity index (χ2n) is 3.68. The molecule has 0 aliphatic heterocycles. The summed E-state index contributed by atoms with van der Waals surface area (Å²) < 4.78 is 0. The normalized spacial score (nSPS) is 10.5. The molecule has 1 amide bonds. The zero-order valence-corrected chi connectivity index (χ0v) is 9.36. The van der Waals surface area contributed by atoms with E-state index in [4.69, 9.17) is 11.6 Å². The van der Waals surface area contributed by atoms with Gasteiger partial charge in [0.15, 0.2) is 0 Å². The molecule has 0 radical (unpaired) electrons. The van der Waals surface area contributed by atoms with Gasteiger partial charge in [0.1, 0.15) is 0 Å². The van der Waals surface area contributed by atoms with Crippen molar-refractivity contribution < 1.29 is 4.79 Å². The molecule has 1 N–H and O–H groups in total. The molecule has 2 nitrogen and oxygen atoms in total. The van der Waals surface area contributed by atoms with Crippen LogP contribution in [0.2, 0.25) is 0 Å². The van der Waals surface area contributed by atoms with Crippen LogP contribution in [0.5, 0.6) is 0 Å². The van der Waals surface area contributed by atoms with E-state index in [1.807, 2.05) is 0 Å². The monoisotopic (exact) mass is 205 g/mol. The van der Waals surface area contributed by atoms with Gasteiger partial charge in [-0.15, -0.1) is 11.6 Å². The highest BCUT2D eigenvalue weighted by atomic mass is 35.5. The Morgan fingerprint density at radius 1 is 1.38 bits per heavy atom. The summed E-state index contributed by atoms with van der Waals surface area (Å²) in [5.74, 6) is 1.25. The SMILES string of the molecule is CC(C)CCCCNC(=O)CCCl. The smallest absolute Gasteiger partial charge is 0.221 e. The topological polar surface area (TPSA) is 29.1 Å². The predicted octanol–water partition coefficient (Wildman–Crippen LogP) is 2.56. The molecular formula is C10H20ClNO. The third-order valence-corrected chi connectivity index (χ3v) is 2.04. The number of unbranched alkanes of at least 4 members (excludes halogenated alkanes) is 1. The highest BCUT2D eigenvalue weighted by Crippen LogP contribution is 2.04. The van der Waals surface area contributed by atoms with Gasteiger partial charge in [-0.2, -0.15) is 0 Å². The molecule has 0 aromatic rings. The van der Waals surface area contributed by atoms with Gasteiger partial charge in [0.2, 0.25) is 5.91 Å². The zero-order chi connectivity index (χ0) is 10.1. The first-order valence-electron chi connectivity index (χ1n) is 4.99. The molecule has 0 rings (SSSR count). The number of amides is 1. The molecule has 3 heteroatoms. The van der Waals surface area contributed by atoms with Gasteiger partial charge >= 0.3 is 0 Å². The first-order valence-corrected chi connectivity index (χ1v) is 5.53. The molecule has 0 bridgehead atoms. The minimum Gasteiger partial charge on any atom is -0.356 e. The molecule has 0 fully saturated rings. The summed E-state index contributed by atoms with van der Waals surface area (Å²) in [4.78, 5) is 10.9. The van der Waals surface area contributed by atoms with Crippen LogP contribution in [0.25, 0.3) is 0 Å². The lowest BCUT2D eigenvalue weighted by atomic mass is 10.1. The van der Waals surface area contributed by atoms with E-state index >= 15 is 0 Å². The van der Waals surface area contributed by atoms with Crippen molar-refractivity contribution in [2.45, 2.75) is 39.5 Å². The van der Waals surface area contributed by atoms with Crippen LogP contribution in [0.4, 0.5) is 0 Å². The Bertz CT molecular complexity index is 137. The van der Waals surface area contributed by atoms with E-state index in [1.54, 1.807) is 0 Å². The Kier molecular flexibility index (Phi) is 8.21. The quantitative estimate of drug-likeness (QED) is 0.503. The third kappa shape index (κ3) is 9.68. The Labute approximate surface area is 86.0 Å². The van der Waals surface area contributed by atoms with E-state index in [-0.39, 0.29) is 5.91 Å². The van der Waals surface area contributed by atoms with Gasteiger partial charge in [-0.1, -0.05) is 26.7 Å². The van der Waals surface area contributed by atoms with Crippen molar-refractivity contribution in [2.24, 2.45) is 5.92 Å². The van der Waals surface area contributed by atoms with Gasteiger partial charge in [0.05, 0.1) is 0 Å². The maximum atomic E-state index is 10.9. The van der Waals surface area contributed by atoms with Gasteiger partial charge in [-0.3, -0.25) is 4.79 Å². The first-order chi connectivity index (χ1) is 6.16. The number of alkyl halides is 1. The molecule has 0 saturated carbocycles. The second kappa shape index (κ2) is 8.36. The Hall–Kier alpha value is -0.240. The lowest BCUT2D eigenvalue weighted by Crippen LogP contribution is -2.24. The van der Waals surface area contributed by atoms with E-state index in [0.29, 0.717) is 12.3 Å². The number of hydrogen-bond acceptors (Lipinski definition) is 1. The zero-order valence-electron chi connectivity index (χ0n) is 8.61. The third-order valence-electron chi connectivity index (χ3n) is 1.85. The van der Waals surface area contributed by atoms with Crippen molar-refractivity contribution >= 4 is 17.5 Å². The molecule has 0 atom stereocenters. The van der Waals surface area contributed by atoms with Crippen molar-refractivity contribution in [3.05, 3.63) is 0 Å². The van der Waals surface area contributed by atoms with Crippen molar-refractivity contribution in [3.8, 4) is 0 Å². The molecule has 0 aliphatic rings. The fourth-order valence-electron chi connectivity index (χ4n) is 1.08. The summed E-state index contributed by atoms with van der Waals surface area (Å²) in [7, 11) is 0. The van der Waals surface area contributed by atoms with Gasteiger partial charge in [0, 0.05) is 18.8 Å². The summed E-state index contributed by atoms with van der Waals surface area (Å²) in [6.45, 7) is 5.22. The van der Waals surface area contributed by atoms with Crippen LogP contribution in [0.1, 0.15) is 39.5 Å². The number of halogens is 1. The van der Waals surface area contributed by atoms with Crippen LogP contribution >= 0.6 is 11.6 Å². The van der Waals surface area contributed by atoms with Crippen LogP contribution in [-0.4, -0.2) is 18.3 Å². The van der Waals surface area contributed by atoms with E-state index in [0.717, 1.165) is 18.9 Å². The second-order valence-corrected chi connectivity index (χ2v) is 4.06. The van der Waals surface area contributed by atoms with E-state index < -0.39 is 0 Å². The largest absolute Gasteiger partial charge is 0.356 e. The Balaban J connectivity index is 3.11. The van der Waals surface area contributed by atoms with Crippen LogP contribution in [-0.2, 0) is 4.79 Å². The molecule has 0 unspecified atom stereocenters. The molecule has 78 valence electrons. The highest BCUT2D eigenvalue weighted by molar-refractivity contribution is 6.18. The van der Waals surface area contributed by atoms with Gasteiger partial charge < -0.3 is 5.32 Å². The van der Waals surface area contributed by atoms with Crippen LogP contribution in [0.3, 0.4) is 0 Å². The molecule has 0 aromatic carbocycles. The average molecular weight is 206 g/mol. The van der Waals surface area contributed by atoms with Crippen LogP contribution in [0.15, 0.2) is 0 Å². The minimum atomic E-state index is 0.0690.